The first-order valence-electron chi connectivity index (χ1n) is 8.53. The van der Waals surface area contributed by atoms with Gasteiger partial charge in [0.1, 0.15) is 18.4 Å². The van der Waals surface area contributed by atoms with Crippen molar-refractivity contribution in [3.05, 3.63) is 53.7 Å². The molecule has 0 spiro atoms. The molecule has 1 saturated heterocycles. The third-order valence-corrected chi connectivity index (χ3v) is 4.32. The van der Waals surface area contributed by atoms with Gasteiger partial charge in [-0.05, 0) is 30.3 Å². The Morgan fingerprint density at radius 2 is 1.96 bits per heavy atom. The van der Waals surface area contributed by atoms with Crippen molar-refractivity contribution in [1.29, 1.82) is 5.26 Å². The monoisotopic (exact) mass is 365 g/mol. The number of anilines is 2. The summed E-state index contributed by atoms with van der Waals surface area (Å²) in [6.07, 6.45) is 1.54. The molecule has 0 radical (unpaired) electrons. The van der Waals surface area contributed by atoms with Crippen LogP contribution in [0.5, 0.6) is 0 Å². The van der Waals surface area contributed by atoms with Crippen LogP contribution in [0.15, 0.2) is 42.6 Å². The van der Waals surface area contributed by atoms with Crippen molar-refractivity contribution in [3.8, 4) is 6.07 Å². The highest BCUT2D eigenvalue weighted by Crippen LogP contribution is 2.17. The lowest BCUT2D eigenvalue weighted by Crippen LogP contribution is -2.49. The van der Waals surface area contributed by atoms with E-state index in [9.17, 15) is 9.59 Å². The summed E-state index contributed by atoms with van der Waals surface area (Å²) in [5.41, 5.74) is 1.64. The van der Waals surface area contributed by atoms with Crippen LogP contribution < -0.4 is 10.2 Å². The van der Waals surface area contributed by atoms with Gasteiger partial charge in [0.25, 0.3) is 5.91 Å². The second-order valence-corrected chi connectivity index (χ2v) is 6.12. The van der Waals surface area contributed by atoms with Crippen LogP contribution in [-0.4, -0.2) is 59.6 Å². The molecule has 1 aromatic heterocycles. The number of hydrogen-bond donors (Lipinski definition) is 2. The Balaban J connectivity index is 1.60. The number of pyridine rings is 1. The van der Waals surface area contributed by atoms with Gasteiger partial charge in [-0.1, -0.05) is 6.07 Å². The Morgan fingerprint density at radius 1 is 1.19 bits per heavy atom. The molecule has 1 aromatic carbocycles. The molecular formula is C19H19N5O3. The standard InChI is InChI=1S/C19H19N5O3/c20-11-14-4-5-17(22-12-14)23-6-8-24(9-7-23)19(27)15-2-1-3-16(10-15)21-13-18(25)26/h1-5,10,12,21H,6-9,13H2,(H,25,26). The molecular weight excluding hydrogens is 346 g/mol. The summed E-state index contributed by atoms with van der Waals surface area (Å²) in [4.78, 5) is 31.5. The van der Waals surface area contributed by atoms with Gasteiger partial charge in [0, 0.05) is 43.6 Å². The summed E-state index contributed by atoms with van der Waals surface area (Å²) in [7, 11) is 0. The van der Waals surface area contributed by atoms with Crippen molar-refractivity contribution in [2.24, 2.45) is 0 Å². The highest BCUT2D eigenvalue weighted by atomic mass is 16.4. The molecule has 1 fully saturated rings. The molecule has 2 aromatic rings. The molecule has 2 N–H and O–H groups in total. The number of benzene rings is 1. The van der Waals surface area contributed by atoms with Crippen LogP contribution in [0.4, 0.5) is 11.5 Å². The van der Waals surface area contributed by atoms with E-state index in [0.29, 0.717) is 43.0 Å². The Hall–Kier alpha value is -3.60. The Morgan fingerprint density at radius 3 is 2.59 bits per heavy atom. The minimum Gasteiger partial charge on any atom is -0.480 e. The smallest absolute Gasteiger partial charge is 0.322 e. The van der Waals surface area contributed by atoms with Gasteiger partial charge in [-0.3, -0.25) is 9.59 Å². The number of nitriles is 1. The number of hydrogen-bond acceptors (Lipinski definition) is 6. The van der Waals surface area contributed by atoms with Crippen LogP contribution in [0.25, 0.3) is 0 Å². The second kappa shape index (κ2) is 8.19. The molecule has 3 rings (SSSR count). The predicted molar refractivity (Wildman–Crippen MR) is 99.6 cm³/mol. The number of carbonyl (C=O) groups is 2. The van der Waals surface area contributed by atoms with E-state index in [2.05, 4.69) is 15.2 Å². The summed E-state index contributed by atoms with van der Waals surface area (Å²) >= 11 is 0. The topological polar surface area (TPSA) is 110 Å². The third-order valence-electron chi connectivity index (χ3n) is 4.32. The Labute approximate surface area is 156 Å². The normalized spacial score (nSPS) is 13.7. The zero-order chi connectivity index (χ0) is 19.2. The van der Waals surface area contributed by atoms with Gasteiger partial charge in [0.2, 0.25) is 0 Å². The molecule has 0 aliphatic carbocycles. The average molecular weight is 365 g/mol. The molecule has 0 saturated carbocycles. The summed E-state index contributed by atoms with van der Waals surface area (Å²) in [6.45, 7) is 2.23. The lowest BCUT2D eigenvalue weighted by Gasteiger charge is -2.35. The van der Waals surface area contributed by atoms with Crippen molar-refractivity contribution in [2.45, 2.75) is 0 Å². The molecule has 1 aliphatic heterocycles. The predicted octanol–water partition coefficient (Wildman–Crippen LogP) is 1.41. The number of rotatable bonds is 5. The third kappa shape index (κ3) is 4.52. The highest BCUT2D eigenvalue weighted by molar-refractivity contribution is 5.95. The van der Waals surface area contributed by atoms with E-state index in [1.807, 2.05) is 12.1 Å². The van der Waals surface area contributed by atoms with E-state index in [1.165, 1.54) is 0 Å². The van der Waals surface area contributed by atoms with Gasteiger partial charge in [-0.25, -0.2) is 4.98 Å². The number of carboxylic acids is 1. The van der Waals surface area contributed by atoms with Crippen LogP contribution in [0.2, 0.25) is 0 Å². The number of aromatic nitrogens is 1. The van der Waals surface area contributed by atoms with Crippen LogP contribution in [-0.2, 0) is 4.79 Å². The molecule has 8 heteroatoms. The van der Waals surface area contributed by atoms with Crippen molar-refractivity contribution in [3.63, 3.8) is 0 Å². The molecule has 0 atom stereocenters. The van der Waals surface area contributed by atoms with E-state index >= 15 is 0 Å². The van der Waals surface area contributed by atoms with Gasteiger partial charge in [-0.2, -0.15) is 5.26 Å². The average Bonchev–Trinajstić information content (AvgIpc) is 2.72. The molecule has 27 heavy (non-hydrogen) atoms. The van der Waals surface area contributed by atoms with Gasteiger partial charge < -0.3 is 20.2 Å². The lowest BCUT2D eigenvalue weighted by atomic mass is 10.1. The van der Waals surface area contributed by atoms with Crippen LogP contribution in [0.3, 0.4) is 0 Å². The van der Waals surface area contributed by atoms with Gasteiger partial charge in [0.15, 0.2) is 0 Å². The maximum absolute atomic E-state index is 12.7. The van der Waals surface area contributed by atoms with Crippen LogP contribution in [0.1, 0.15) is 15.9 Å². The van der Waals surface area contributed by atoms with E-state index in [4.69, 9.17) is 10.4 Å². The molecule has 1 amide bonds. The fourth-order valence-corrected chi connectivity index (χ4v) is 2.90. The summed E-state index contributed by atoms with van der Waals surface area (Å²) in [5.74, 6) is -0.248. The summed E-state index contributed by atoms with van der Waals surface area (Å²) < 4.78 is 0. The first kappa shape index (κ1) is 18.2. The number of nitrogens with one attached hydrogen (secondary N) is 1. The quantitative estimate of drug-likeness (QED) is 0.824. The SMILES string of the molecule is N#Cc1ccc(N2CCN(C(=O)c3cccc(NCC(=O)O)c3)CC2)nc1. The fourth-order valence-electron chi connectivity index (χ4n) is 2.90. The van der Waals surface area contributed by atoms with E-state index < -0.39 is 5.97 Å². The van der Waals surface area contributed by atoms with Crippen molar-refractivity contribution in [2.75, 3.05) is 42.9 Å². The number of piperazine rings is 1. The Bertz CT molecular complexity index is 868. The highest BCUT2D eigenvalue weighted by Gasteiger charge is 2.23. The van der Waals surface area contributed by atoms with E-state index in [0.717, 1.165) is 5.82 Å². The van der Waals surface area contributed by atoms with Crippen LogP contribution in [0, 0.1) is 11.3 Å². The molecule has 0 unspecified atom stereocenters. The second-order valence-electron chi connectivity index (χ2n) is 6.12. The zero-order valence-corrected chi connectivity index (χ0v) is 14.6. The van der Waals surface area contributed by atoms with Crippen molar-refractivity contribution < 1.29 is 14.7 Å². The number of carboxylic acid groups (broad SMARTS) is 1. The van der Waals surface area contributed by atoms with Gasteiger partial charge >= 0.3 is 5.97 Å². The first-order chi connectivity index (χ1) is 13.1. The zero-order valence-electron chi connectivity index (χ0n) is 14.6. The van der Waals surface area contributed by atoms with E-state index in [-0.39, 0.29) is 12.5 Å². The van der Waals surface area contributed by atoms with Crippen molar-refractivity contribution in [1.82, 2.24) is 9.88 Å². The first-order valence-corrected chi connectivity index (χ1v) is 8.53. The molecule has 0 bridgehead atoms. The molecule has 138 valence electrons. The minimum atomic E-state index is -0.959. The number of carbonyl (C=O) groups excluding carboxylic acids is 1. The number of aliphatic carboxylic acids is 1. The van der Waals surface area contributed by atoms with E-state index in [1.54, 1.807) is 41.4 Å². The maximum Gasteiger partial charge on any atom is 0.322 e. The minimum absolute atomic E-state index is 0.0820. The molecule has 1 aliphatic rings. The summed E-state index contributed by atoms with van der Waals surface area (Å²) in [6, 6.07) is 12.4. The Kier molecular flexibility index (Phi) is 5.52. The van der Waals surface area contributed by atoms with Gasteiger partial charge in [0.05, 0.1) is 5.56 Å². The van der Waals surface area contributed by atoms with Crippen molar-refractivity contribution >= 4 is 23.4 Å². The summed E-state index contributed by atoms with van der Waals surface area (Å²) in [5, 5.41) is 20.4. The number of amides is 1. The maximum atomic E-state index is 12.7. The lowest BCUT2D eigenvalue weighted by molar-refractivity contribution is -0.134. The van der Waals surface area contributed by atoms with Gasteiger partial charge in [-0.15, -0.1) is 0 Å². The number of nitrogens with zero attached hydrogens (tertiary/aromatic N) is 4. The fraction of sp³-hybridized carbons (Fsp3) is 0.263. The molecule has 2 heterocycles. The largest absolute Gasteiger partial charge is 0.480 e. The van der Waals surface area contributed by atoms with Crippen LogP contribution >= 0.6 is 0 Å². The molecule has 8 nitrogen and oxygen atoms in total.